The van der Waals surface area contributed by atoms with Gasteiger partial charge in [0.15, 0.2) is 6.10 Å². The van der Waals surface area contributed by atoms with Crippen molar-refractivity contribution < 1.29 is 37.6 Å². The van der Waals surface area contributed by atoms with Crippen LogP contribution in [0.25, 0.3) is 0 Å². The Hall–Kier alpha value is -2.55. The quantitative estimate of drug-likeness (QED) is 0.0267. The molecule has 57 heavy (non-hydrogen) atoms. The Balaban J connectivity index is 4.17. The Morgan fingerprint density at radius 3 is 1.44 bits per heavy atom. The molecule has 0 aromatic heterocycles. The fraction of sp³-hybridized carbons (Fsp3) is 0.702. The van der Waals surface area contributed by atoms with Crippen LogP contribution in [0.1, 0.15) is 181 Å². The third-order valence-electron chi connectivity index (χ3n) is 9.08. The van der Waals surface area contributed by atoms with E-state index in [9.17, 15) is 19.0 Å². The van der Waals surface area contributed by atoms with Crippen LogP contribution in [0.2, 0.25) is 0 Å². The van der Waals surface area contributed by atoms with Crippen molar-refractivity contribution in [1.29, 1.82) is 0 Å². The molecule has 0 aliphatic carbocycles. The van der Waals surface area contributed by atoms with E-state index in [-0.39, 0.29) is 32.6 Å². The average molecular weight is 820 g/mol. The van der Waals surface area contributed by atoms with E-state index in [4.69, 9.17) is 24.3 Å². The van der Waals surface area contributed by atoms with Crippen LogP contribution in [-0.4, -0.2) is 49.3 Å². The molecule has 0 heterocycles. The highest BCUT2D eigenvalue weighted by Crippen LogP contribution is 2.43. The molecule has 0 fully saturated rings. The molecule has 0 aliphatic rings. The fourth-order valence-corrected chi connectivity index (χ4v) is 6.54. The molecule has 0 aliphatic heterocycles. The first-order valence-corrected chi connectivity index (χ1v) is 23.9. The minimum atomic E-state index is -4.39. The summed E-state index contributed by atoms with van der Waals surface area (Å²) in [6.07, 6.45) is 52.1. The van der Waals surface area contributed by atoms with Crippen LogP contribution in [0.4, 0.5) is 0 Å². The standard InChI is InChI=1S/C47H82NO8P/c1-3-5-7-9-11-13-15-17-19-20-21-22-23-24-26-28-30-32-34-36-38-40-47(50)56-45(44-55-57(51,52)54-42-41-48)43-53-46(49)39-37-35-33-31-29-27-25-18-16-14-12-10-8-6-4-2/h5,7,11-14,17-19,21-22,25,45H,3-4,6,8-10,15-16,20,23-24,26-44,48H2,1-2H3,(H,51,52)/b7-5-,13-11-,14-12-,19-17-,22-21-,25-18-. The topological polar surface area (TPSA) is 134 Å². The van der Waals surface area contributed by atoms with Gasteiger partial charge in [-0.3, -0.25) is 18.6 Å². The third-order valence-corrected chi connectivity index (χ3v) is 10.1. The molecule has 0 rings (SSSR count). The highest BCUT2D eigenvalue weighted by molar-refractivity contribution is 7.47. The number of carbonyl (C=O) groups is 2. The van der Waals surface area contributed by atoms with Gasteiger partial charge in [0, 0.05) is 19.4 Å². The molecular weight excluding hydrogens is 737 g/mol. The zero-order valence-corrected chi connectivity index (χ0v) is 36.9. The van der Waals surface area contributed by atoms with Crippen molar-refractivity contribution in [1.82, 2.24) is 0 Å². The van der Waals surface area contributed by atoms with Gasteiger partial charge in [-0.25, -0.2) is 4.57 Å². The Kier molecular flexibility index (Phi) is 41.1. The summed E-state index contributed by atoms with van der Waals surface area (Å²) in [4.78, 5) is 34.9. The molecule has 0 spiro atoms. The maximum Gasteiger partial charge on any atom is 0.472 e. The molecule has 328 valence electrons. The van der Waals surface area contributed by atoms with E-state index in [0.29, 0.717) is 12.8 Å². The maximum atomic E-state index is 12.6. The predicted octanol–water partition coefficient (Wildman–Crippen LogP) is 13.1. The molecule has 10 heteroatoms. The van der Waals surface area contributed by atoms with Crippen molar-refractivity contribution in [3.63, 3.8) is 0 Å². The first-order chi connectivity index (χ1) is 27.8. The van der Waals surface area contributed by atoms with Crippen molar-refractivity contribution in [3.05, 3.63) is 72.9 Å². The number of esters is 2. The van der Waals surface area contributed by atoms with Gasteiger partial charge in [-0.1, -0.05) is 157 Å². The van der Waals surface area contributed by atoms with Gasteiger partial charge >= 0.3 is 19.8 Å². The highest BCUT2D eigenvalue weighted by Gasteiger charge is 2.26. The Morgan fingerprint density at radius 2 is 0.965 bits per heavy atom. The molecule has 0 aromatic rings. The fourth-order valence-electron chi connectivity index (χ4n) is 5.77. The summed E-state index contributed by atoms with van der Waals surface area (Å²) >= 11 is 0. The first-order valence-electron chi connectivity index (χ1n) is 22.4. The SMILES string of the molecule is CC/C=C\C/C=C\C/C=C\C/C=C\CCCCCCCCCCC(=O)OC(COC(=O)CCCCCCC/C=C\C/C=C\CCCCC)COP(=O)(O)OCCN. The Bertz CT molecular complexity index is 1160. The lowest BCUT2D eigenvalue weighted by Crippen LogP contribution is -2.29. The third kappa shape index (κ3) is 42.9. The zero-order chi connectivity index (χ0) is 41.8. The molecule has 0 saturated heterocycles. The first kappa shape index (κ1) is 54.5. The summed E-state index contributed by atoms with van der Waals surface area (Å²) in [5, 5.41) is 0. The van der Waals surface area contributed by atoms with Crippen molar-refractivity contribution in [3.8, 4) is 0 Å². The van der Waals surface area contributed by atoms with E-state index in [0.717, 1.165) is 89.9 Å². The van der Waals surface area contributed by atoms with Crippen molar-refractivity contribution in [2.24, 2.45) is 5.73 Å². The molecule has 0 amide bonds. The van der Waals surface area contributed by atoms with Crippen LogP contribution < -0.4 is 5.73 Å². The number of phosphoric acid groups is 1. The van der Waals surface area contributed by atoms with Crippen molar-refractivity contribution in [2.45, 2.75) is 187 Å². The number of carbonyl (C=O) groups excluding carboxylic acids is 2. The molecule has 0 radical (unpaired) electrons. The lowest BCUT2D eigenvalue weighted by atomic mass is 10.1. The number of phosphoric ester groups is 1. The smallest absolute Gasteiger partial charge is 0.462 e. The molecule has 9 nitrogen and oxygen atoms in total. The van der Waals surface area contributed by atoms with E-state index in [1.54, 1.807) is 0 Å². The van der Waals surface area contributed by atoms with Crippen LogP contribution in [0, 0.1) is 0 Å². The van der Waals surface area contributed by atoms with E-state index < -0.39 is 32.5 Å². The Labute approximate surface area is 348 Å². The van der Waals surface area contributed by atoms with E-state index in [1.165, 1.54) is 51.4 Å². The molecular formula is C47H82NO8P. The van der Waals surface area contributed by atoms with Crippen molar-refractivity contribution >= 4 is 19.8 Å². The summed E-state index contributed by atoms with van der Waals surface area (Å²) in [5.41, 5.74) is 5.35. The van der Waals surface area contributed by atoms with Gasteiger partial charge in [0.25, 0.3) is 0 Å². The summed E-state index contributed by atoms with van der Waals surface area (Å²) in [5.74, 6) is -0.858. The molecule has 3 N–H and O–H groups in total. The second kappa shape index (κ2) is 43.0. The molecule has 0 aromatic carbocycles. The molecule has 2 unspecified atom stereocenters. The lowest BCUT2D eigenvalue weighted by molar-refractivity contribution is -0.161. The van der Waals surface area contributed by atoms with Gasteiger partial charge < -0.3 is 20.1 Å². The number of unbranched alkanes of at least 4 members (excludes halogenated alkanes) is 16. The van der Waals surface area contributed by atoms with Crippen LogP contribution in [0.15, 0.2) is 72.9 Å². The van der Waals surface area contributed by atoms with Gasteiger partial charge in [-0.05, 0) is 83.5 Å². The highest BCUT2D eigenvalue weighted by atomic mass is 31.2. The normalized spacial score (nSPS) is 14.0. The number of allylic oxidation sites excluding steroid dienone is 12. The van der Waals surface area contributed by atoms with E-state index in [2.05, 4.69) is 86.8 Å². The summed E-state index contributed by atoms with van der Waals surface area (Å²) in [6, 6.07) is 0. The Morgan fingerprint density at radius 1 is 0.544 bits per heavy atom. The molecule has 0 saturated carbocycles. The second-order valence-electron chi connectivity index (χ2n) is 14.5. The number of hydrogen-bond acceptors (Lipinski definition) is 8. The monoisotopic (exact) mass is 820 g/mol. The minimum absolute atomic E-state index is 0.0464. The summed E-state index contributed by atoms with van der Waals surface area (Å²) in [7, 11) is -4.39. The molecule has 0 bridgehead atoms. The van der Waals surface area contributed by atoms with Gasteiger partial charge in [0.05, 0.1) is 13.2 Å². The van der Waals surface area contributed by atoms with Crippen LogP contribution in [-0.2, 0) is 32.7 Å². The van der Waals surface area contributed by atoms with Crippen molar-refractivity contribution in [2.75, 3.05) is 26.4 Å². The van der Waals surface area contributed by atoms with Crippen LogP contribution in [0.5, 0.6) is 0 Å². The minimum Gasteiger partial charge on any atom is -0.462 e. The molecule has 2 atom stereocenters. The average Bonchev–Trinajstić information content (AvgIpc) is 3.20. The number of rotatable bonds is 41. The number of nitrogens with two attached hydrogens (primary N) is 1. The van der Waals surface area contributed by atoms with Gasteiger partial charge in [0.1, 0.15) is 6.61 Å². The number of hydrogen-bond donors (Lipinski definition) is 2. The summed E-state index contributed by atoms with van der Waals surface area (Å²) in [6.45, 7) is 3.56. The largest absolute Gasteiger partial charge is 0.472 e. The maximum absolute atomic E-state index is 12.6. The second-order valence-corrected chi connectivity index (χ2v) is 16.0. The van der Waals surface area contributed by atoms with Crippen LogP contribution >= 0.6 is 7.82 Å². The van der Waals surface area contributed by atoms with E-state index >= 15 is 0 Å². The van der Waals surface area contributed by atoms with E-state index in [1.807, 2.05) is 0 Å². The van der Waals surface area contributed by atoms with Gasteiger partial charge in [-0.2, -0.15) is 0 Å². The number of ether oxygens (including phenoxy) is 2. The predicted molar refractivity (Wildman–Crippen MR) is 238 cm³/mol. The van der Waals surface area contributed by atoms with Gasteiger partial charge in [0.2, 0.25) is 0 Å². The summed E-state index contributed by atoms with van der Waals surface area (Å²) < 4.78 is 32.8. The zero-order valence-electron chi connectivity index (χ0n) is 36.0. The lowest BCUT2D eigenvalue weighted by Gasteiger charge is -2.19. The van der Waals surface area contributed by atoms with Crippen LogP contribution in [0.3, 0.4) is 0 Å². The van der Waals surface area contributed by atoms with Gasteiger partial charge in [-0.15, -0.1) is 0 Å².